The molecule has 27 heavy (non-hydrogen) atoms. The lowest BCUT2D eigenvalue weighted by molar-refractivity contribution is 0.123. The van der Waals surface area contributed by atoms with Gasteiger partial charge in [-0.1, -0.05) is 18.2 Å². The molecule has 0 saturated heterocycles. The average molecular weight is 483 g/mol. The van der Waals surface area contributed by atoms with Crippen LogP contribution < -0.4 is 15.4 Å². The number of methoxy groups -OCH3 is 1. The highest BCUT2D eigenvalue weighted by Crippen LogP contribution is 2.28. The summed E-state index contributed by atoms with van der Waals surface area (Å²) in [6.45, 7) is 3.34. The van der Waals surface area contributed by atoms with Gasteiger partial charge in [0.05, 0.1) is 7.11 Å². The molecule has 1 fully saturated rings. The number of nitrogens with one attached hydrogen (secondary N) is 2. The fourth-order valence-electron chi connectivity index (χ4n) is 2.83. The van der Waals surface area contributed by atoms with Crippen LogP contribution in [0.4, 0.5) is 0 Å². The van der Waals surface area contributed by atoms with Gasteiger partial charge in [-0.15, -0.1) is 24.0 Å². The van der Waals surface area contributed by atoms with Crippen molar-refractivity contribution in [3.05, 3.63) is 42.0 Å². The Hall–Kier alpha value is -1.54. The van der Waals surface area contributed by atoms with Crippen molar-refractivity contribution in [1.29, 1.82) is 0 Å². The number of ether oxygens (including phenoxy) is 2. The molecule has 2 N–H and O–H groups in total. The van der Waals surface area contributed by atoms with Gasteiger partial charge in [0.2, 0.25) is 0 Å². The molecule has 0 bridgehead atoms. The molecule has 148 valence electrons. The number of benzene rings is 2. The molecule has 5 nitrogen and oxygen atoms in total. The van der Waals surface area contributed by atoms with Crippen molar-refractivity contribution in [3.63, 3.8) is 0 Å². The van der Waals surface area contributed by atoms with Gasteiger partial charge in [-0.2, -0.15) is 0 Å². The van der Waals surface area contributed by atoms with Crippen molar-refractivity contribution in [3.8, 4) is 5.75 Å². The van der Waals surface area contributed by atoms with Crippen molar-refractivity contribution in [2.75, 3.05) is 33.9 Å². The summed E-state index contributed by atoms with van der Waals surface area (Å²) in [6.07, 6.45) is 3.68. The fraction of sp³-hybridized carbons (Fsp3) is 0.476. The molecular weight excluding hydrogens is 453 g/mol. The smallest absolute Gasteiger partial charge is 0.191 e. The first kappa shape index (κ1) is 21.8. The van der Waals surface area contributed by atoms with E-state index >= 15 is 0 Å². The van der Waals surface area contributed by atoms with E-state index in [-0.39, 0.29) is 24.0 Å². The molecule has 1 saturated carbocycles. The van der Waals surface area contributed by atoms with Crippen LogP contribution in [0.15, 0.2) is 41.4 Å². The zero-order valence-electron chi connectivity index (χ0n) is 16.2. The number of nitrogens with zero attached hydrogens (tertiary/aromatic N) is 1. The maximum Gasteiger partial charge on any atom is 0.191 e. The number of halogens is 1. The Morgan fingerprint density at radius 1 is 1.11 bits per heavy atom. The van der Waals surface area contributed by atoms with Gasteiger partial charge in [0.1, 0.15) is 5.75 Å². The normalized spacial score (nSPS) is 13.9. The van der Waals surface area contributed by atoms with Gasteiger partial charge in [-0.3, -0.25) is 4.99 Å². The zero-order valence-corrected chi connectivity index (χ0v) is 18.5. The molecule has 1 aliphatic carbocycles. The quantitative estimate of drug-likeness (QED) is 0.246. The first-order valence-electron chi connectivity index (χ1n) is 9.37. The topological polar surface area (TPSA) is 54.9 Å². The maximum absolute atomic E-state index is 5.65. The monoisotopic (exact) mass is 483 g/mol. The Kier molecular flexibility index (Phi) is 9.14. The Morgan fingerprint density at radius 3 is 2.63 bits per heavy atom. The second-order valence-electron chi connectivity index (χ2n) is 6.77. The van der Waals surface area contributed by atoms with Gasteiger partial charge in [-0.25, -0.2) is 0 Å². The van der Waals surface area contributed by atoms with Crippen LogP contribution in [0.2, 0.25) is 0 Å². The molecule has 0 unspecified atom stereocenters. The highest BCUT2D eigenvalue weighted by atomic mass is 127. The zero-order chi connectivity index (χ0) is 18.2. The maximum atomic E-state index is 5.65. The molecule has 1 aliphatic rings. The Balaban J connectivity index is 0.00000261. The third kappa shape index (κ3) is 7.18. The number of guanidine groups is 1. The van der Waals surface area contributed by atoms with Crippen LogP contribution in [0.25, 0.3) is 10.8 Å². The minimum Gasteiger partial charge on any atom is -0.497 e. The van der Waals surface area contributed by atoms with Crippen molar-refractivity contribution in [2.45, 2.75) is 25.8 Å². The molecule has 2 aromatic rings. The number of rotatable bonds is 9. The number of hydrogen-bond donors (Lipinski definition) is 2. The van der Waals surface area contributed by atoms with Crippen LogP contribution >= 0.6 is 24.0 Å². The average Bonchev–Trinajstić information content (AvgIpc) is 3.50. The minimum absolute atomic E-state index is 0. The standard InChI is InChI=1S/C21H29N3O2.HI/c1-22-21(23-10-3-11-26-15-16-4-5-16)24-14-17-6-7-19-13-20(25-2)9-8-18(19)12-17;/h6-9,12-13,16H,3-5,10-11,14-15H2,1-2H3,(H2,22,23,24);1H. The molecule has 0 atom stereocenters. The van der Waals surface area contributed by atoms with Crippen LogP contribution in [-0.4, -0.2) is 39.9 Å². The molecule has 0 spiro atoms. The summed E-state index contributed by atoms with van der Waals surface area (Å²) in [5, 5.41) is 9.09. The molecule has 6 heteroatoms. The summed E-state index contributed by atoms with van der Waals surface area (Å²) in [7, 11) is 3.49. The van der Waals surface area contributed by atoms with Gasteiger partial charge >= 0.3 is 0 Å². The van der Waals surface area contributed by atoms with E-state index in [1.54, 1.807) is 14.2 Å². The van der Waals surface area contributed by atoms with Gasteiger partial charge in [-0.05, 0) is 59.7 Å². The van der Waals surface area contributed by atoms with E-state index in [9.17, 15) is 0 Å². The predicted molar refractivity (Wildman–Crippen MR) is 122 cm³/mol. The lowest BCUT2D eigenvalue weighted by Crippen LogP contribution is -2.37. The molecule has 0 radical (unpaired) electrons. The number of hydrogen-bond acceptors (Lipinski definition) is 3. The highest BCUT2D eigenvalue weighted by molar-refractivity contribution is 14.0. The van der Waals surface area contributed by atoms with Gasteiger partial charge in [0, 0.05) is 33.4 Å². The number of fused-ring (bicyclic) bond motifs is 1. The largest absolute Gasteiger partial charge is 0.497 e. The van der Waals surface area contributed by atoms with Gasteiger partial charge in [0.25, 0.3) is 0 Å². The third-order valence-corrected chi connectivity index (χ3v) is 4.60. The van der Waals surface area contributed by atoms with Crippen LogP contribution in [-0.2, 0) is 11.3 Å². The van der Waals surface area contributed by atoms with Crippen LogP contribution in [0.5, 0.6) is 5.75 Å². The summed E-state index contributed by atoms with van der Waals surface area (Å²) in [4.78, 5) is 4.28. The van der Waals surface area contributed by atoms with E-state index < -0.39 is 0 Å². The van der Waals surface area contributed by atoms with E-state index in [4.69, 9.17) is 9.47 Å². The molecule has 0 amide bonds. The van der Waals surface area contributed by atoms with E-state index in [1.165, 1.54) is 29.2 Å². The summed E-state index contributed by atoms with van der Waals surface area (Å²) in [6, 6.07) is 12.6. The predicted octanol–water partition coefficient (Wildman–Crippen LogP) is 3.95. The van der Waals surface area contributed by atoms with Gasteiger partial charge in [0.15, 0.2) is 5.96 Å². The van der Waals surface area contributed by atoms with Crippen molar-refractivity contribution in [1.82, 2.24) is 10.6 Å². The summed E-state index contributed by atoms with van der Waals surface area (Å²) < 4.78 is 10.9. The Labute approximate surface area is 178 Å². The minimum atomic E-state index is 0. The van der Waals surface area contributed by atoms with Crippen molar-refractivity contribution < 1.29 is 9.47 Å². The second kappa shape index (κ2) is 11.3. The first-order chi connectivity index (χ1) is 12.8. The van der Waals surface area contributed by atoms with Crippen LogP contribution in [0, 0.1) is 5.92 Å². The summed E-state index contributed by atoms with van der Waals surface area (Å²) in [5.74, 6) is 2.54. The SMILES string of the molecule is CN=C(NCCCOCC1CC1)NCc1ccc2cc(OC)ccc2c1.I. The van der Waals surface area contributed by atoms with E-state index in [1.807, 2.05) is 6.07 Å². The third-order valence-electron chi connectivity index (χ3n) is 4.60. The Bertz CT molecular complexity index is 747. The fourth-order valence-corrected chi connectivity index (χ4v) is 2.83. The first-order valence-corrected chi connectivity index (χ1v) is 9.37. The molecule has 2 aromatic carbocycles. The molecule has 0 aromatic heterocycles. The van der Waals surface area contributed by atoms with Crippen LogP contribution in [0.3, 0.4) is 0 Å². The van der Waals surface area contributed by atoms with E-state index in [2.05, 4.69) is 46.0 Å². The second-order valence-corrected chi connectivity index (χ2v) is 6.77. The lowest BCUT2D eigenvalue weighted by atomic mass is 10.1. The van der Waals surface area contributed by atoms with Crippen LogP contribution in [0.1, 0.15) is 24.8 Å². The molecule has 0 aliphatic heterocycles. The van der Waals surface area contributed by atoms with Crippen molar-refractivity contribution in [2.24, 2.45) is 10.9 Å². The Morgan fingerprint density at radius 2 is 1.89 bits per heavy atom. The highest BCUT2D eigenvalue weighted by Gasteiger charge is 2.20. The molecular formula is C21H30IN3O2. The molecule has 3 rings (SSSR count). The van der Waals surface area contributed by atoms with E-state index in [0.717, 1.165) is 50.4 Å². The molecule has 0 heterocycles. The van der Waals surface area contributed by atoms with Gasteiger partial charge < -0.3 is 20.1 Å². The summed E-state index contributed by atoms with van der Waals surface area (Å²) >= 11 is 0. The van der Waals surface area contributed by atoms with E-state index in [0.29, 0.717) is 0 Å². The summed E-state index contributed by atoms with van der Waals surface area (Å²) in [5.41, 5.74) is 1.22. The van der Waals surface area contributed by atoms with Crippen molar-refractivity contribution >= 4 is 40.7 Å². The number of aliphatic imine (C=N–C) groups is 1. The lowest BCUT2D eigenvalue weighted by Gasteiger charge is -2.12.